The molecule has 142 valence electrons. The number of halogens is 3. The van der Waals surface area contributed by atoms with Gasteiger partial charge in [-0.15, -0.1) is 0 Å². The lowest BCUT2D eigenvalue weighted by Gasteiger charge is -2.32. The zero-order chi connectivity index (χ0) is 18.4. The second-order valence-corrected chi connectivity index (χ2v) is 7.93. The largest absolute Gasteiger partial charge is 0.511 e. The van der Waals surface area contributed by atoms with Gasteiger partial charge in [0, 0.05) is 40.3 Å². The SMILES string of the molecule is CCCCN(C)C(=NC)NCC1CCN(S(=O)(=O)C(F)(F)F)CC1. The second kappa shape index (κ2) is 8.89. The number of piperidine rings is 1. The molecule has 0 unspecified atom stereocenters. The van der Waals surface area contributed by atoms with Gasteiger partial charge in [0.1, 0.15) is 0 Å². The molecule has 1 aliphatic rings. The maximum Gasteiger partial charge on any atom is 0.511 e. The first-order valence-electron chi connectivity index (χ1n) is 8.11. The summed E-state index contributed by atoms with van der Waals surface area (Å²) in [6, 6.07) is 0. The molecule has 0 aromatic rings. The molecular weight excluding hydrogens is 345 g/mol. The molecule has 0 saturated carbocycles. The van der Waals surface area contributed by atoms with Gasteiger partial charge < -0.3 is 10.2 Å². The van der Waals surface area contributed by atoms with Crippen LogP contribution in [0.25, 0.3) is 0 Å². The summed E-state index contributed by atoms with van der Waals surface area (Å²) in [5.41, 5.74) is -5.22. The van der Waals surface area contributed by atoms with E-state index in [2.05, 4.69) is 17.2 Å². The summed E-state index contributed by atoms with van der Waals surface area (Å²) in [4.78, 5) is 6.19. The molecule has 10 heteroatoms. The molecule has 0 aromatic carbocycles. The van der Waals surface area contributed by atoms with Crippen molar-refractivity contribution in [2.24, 2.45) is 10.9 Å². The van der Waals surface area contributed by atoms with Crippen molar-refractivity contribution in [3.63, 3.8) is 0 Å². The van der Waals surface area contributed by atoms with Crippen LogP contribution in [0.2, 0.25) is 0 Å². The average molecular weight is 372 g/mol. The van der Waals surface area contributed by atoms with Crippen molar-refractivity contribution in [1.29, 1.82) is 0 Å². The molecule has 0 radical (unpaired) electrons. The zero-order valence-corrected chi connectivity index (χ0v) is 15.3. The molecule has 6 nitrogen and oxygen atoms in total. The van der Waals surface area contributed by atoms with Crippen LogP contribution in [0.15, 0.2) is 4.99 Å². The zero-order valence-electron chi connectivity index (χ0n) is 14.4. The van der Waals surface area contributed by atoms with Gasteiger partial charge in [-0.1, -0.05) is 13.3 Å². The van der Waals surface area contributed by atoms with Gasteiger partial charge in [0.05, 0.1) is 0 Å². The van der Waals surface area contributed by atoms with E-state index in [0.29, 0.717) is 23.7 Å². The Bertz CT molecular complexity index is 515. The monoisotopic (exact) mass is 372 g/mol. The molecule has 0 aromatic heterocycles. The topological polar surface area (TPSA) is 65.0 Å². The van der Waals surface area contributed by atoms with E-state index in [1.54, 1.807) is 7.05 Å². The highest BCUT2D eigenvalue weighted by Gasteiger charge is 2.50. The molecule has 0 atom stereocenters. The van der Waals surface area contributed by atoms with Gasteiger partial charge in [0.2, 0.25) is 0 Å². The minimum Gasteiger partial charge on any atom is -0.356 e. The van der Waals surface area contributed by atoms with Crippen molar-refractivity contribution in [2.75, 3.05) is 40.3 Å². The quantitative estimate of drug-likeness (QED) is 0.571. The van der Waals surface area contributed by atoms with Gasteiger partial charge in [0.25, 0.3) is 0 Å². The van der Waals surface area contributed by atoms with Gasteiger partial charge in [-0.05, 0) is 25.2 Å². The molecule has 0 spiro atoms. The summed E-state index contributed by atoms with van der Waals surface area (Å²) in [5, 5.41) is 3.22. The van der Waals surface area contributed by atoms with E-state index in [0.717, 1.165) is 25.3 Å². The van der Waals surface area contributed by atoms with Crippen molar-refractivity contribution in [1.82, 2.24) is 14.5 Å². The summed E-state index contributed by atoms with van der Waals surface area (Å²) in [5.74, 6) is 0.870. The lowest BCUT2D eigenvalue weighted by atomic mass is 9.98. The molecule has 0 aliphatic carbocycles. The smallest absolute Gasteiger partial charge is 0.356 e. The van der Waals surface area contributed by atoms with Gasteiger partial charge >= 0.3 is 15.5 Å². The van der Waals surface area contributed by atoms with Gasteiger partial charge in [-0.2, -0.15) is 17.5 Å². The van der Waals surface area contributed by atoms with Crippen molar-refractivity contribution in [2.45, 2.75) is 38.1 Å². The first kappa shape index (κ1) is 21.0. The molecule has 24 heavy (non-hydrogen) atoms. The minimum atomic E-state index is -5.22. The second-order valence-electron chi connectivity index (χ2n) is 6.00. The van der Waals surface area contributed by atoms with Crippen LogP contribution in [0.5, 0.6) is 0 Å². The van der Waals surface area contributed by atoms with E-state index in [1.807, 2.05) is 11.9 Å². The van der Waals surface area contributed by atoms with Crippen molar-refractivity contribution in [3.8, 4) is 0 Å². The van der Waals surface area contributed by atoms with Crippen LogP contribution in [0, 0.1) is 5.92 Å². The highest BCUT2D eigenvalue weighted by atomic mass is 32.2. The summed E-state index contributed by atoms with van der Waals surface area (Å²) >= 11 is 0. The first-order valence-corrected chi connectivity index (χ1v) is 9.55. The Kier molecular flexibility index (Phi) is 7.78. The third-order valence-corrected chi connectivity index (χ3v) is 5.81. The normalized spacial score (nSPS) is 18.7. The van der Waals surface area contributed by atoms with Crippen LogP contribution in [0.3, 0.4) is 0 Å². The minimum absolute atomic E-state index is 0.0987. The van der Waals surface area contributed by atoms with Crippen molar-refractivity contribution in [3.05, 3.63) is 0 Å². The number of unbranched alkanes of at least 4 members (excludes halogenated alkanes) is 1. The average Bonchev–Trinajstić information content (AvgIpc) is 2.52. The number of sulfonamides is 1. The third kappa shape index (κ3) is 5.51. The first-order chi connectivity index (χ1) is 11.1. The number of hydrogen-bond acceptors (Lipinski definition) is 3. The van der Waals surface area contributed by atoms with Gasteiger partial charge in [0.15, 0.2) is 5.96 Å². The Morgan fingerprint density at radius 3 is 2.38 bits per heavy atom. The van der Waals surface area contributed by atoms with Crippen LogP contribution in [0.4, 0.5) is 13.2 Å². The molecule has 1 rings (SSSR count). The van der Waals surface area contributed by atoms with Crippen LogP contribution in [-0.2, 0) is 10.0 Å². The maximum atomic E-state index is 12.5. The van der Waals surface area contributed by atoms with E-state index in [1.165, 1.54) is 0 Å². The van der Waals surface area contributed by atoms with Crippen LogP contribution in [0.1, 0.15) is 32.6 Å². The van der Waals surface area contributed by atoms with Gasteiger partial charge in [-0.3, -0.25) is 4.99 Å². The molecule has 1 aliphatic heterocycles. The van der Waals surface area contributed by atoms with E-state index >= 15 is 0 Å². The third-order valence-electron chi connectivity index (χ3n) is 4.18. The number of hydrogen-bond donors (Lipinski definition) is 1. The molecule has 1 N–H and O–H groups in total. The van der Waals surface area contributed by atoms with Crippen LogP contribution >= 0.6 is 0 Å². The molecule has 1 heterocycles. The van der Waals surface area contributed by atoms with Crippen LogP contribution < -0.4 is 5.32 Å². The predicted molar refractivity (Wildman–Crippen MR) is 88.2 cm³/mol. The Morgan fingerprint density at radius 2 is 1.92 bits per heavy atom. The fraction of sp³-hybridized carbons (Fsp3) is 0.929. The molecule has 1 fully saturated rings. The molecule has 1 saturated heterocycles. The van der Waals surface area contributed by atoms with E-state index in [4.69, 9.17) is 0 Å². The number of aliphatic imine (C=N–C) groups is 1. The number of nitrogens with one attached hydrogen (secondary N) is 1. The molecular formula is C14H27F3N4O2S. The van der Waals surface area contributed by atoms with Crippen LogP contribution in [-0.4, -0.2) is 69.4 Å². The number of rotatable bonds is 6. The number of alkyl halides is 3. The van der Waals surface area contributed by atoms with Gasteiger partial charge in [-0.25, -0.2) is 8.42 Å². The Hall–Kier alpha value is -1.03. The van der Waals surface area contributed by atoms with Crippen molar-refractivity contribution < 1.29 is 21.6 Å². The van der Waals surface area contributed by atoms with Crippen molar-refractivity contribution >= 4 is 16.0 Å². The fourth-order valence-corrected chi connectivity index (χ4v) is 3.61. The standard InChI is InChI=1S/C14H27F3N4O2S/c1-4-5-8-20(3)13(18-2)19-11-12-6-9-21(10-7-12)24(22,23)14(15,16)17/h12H,4-11H2,1-3H3,(H,18,19). The summed E-state index contributed by atoms with van der Waals surface area (Å²) in [6.07, 6.45) is 2.92. The predicted octanol–water partition coefficient (Wildman–Crippen LogP) is 1.86. The lowest BCUT2D eigenvalue weighted by molar-refractivity contribution is -0.0496. The van der Waals surface area contributed by atoms with E-state index in [9.17, 15) is 21.6 Å². The Balaban J connectivity index is 2.46. The number of guanidine groups is 1. The highest BCUT2D eigenvalue weighted by molar-refractivity contribution is 7.90. The summed E-state index contributed by atoms with van der Waals surface area (Å²) < 4.78 is 60.9. The van der Waals surface area contributed by atoms with E-state index < -0.39 is 15.5 Å². The lowest BCUT2D eigenvalue weighted by Crippen LogP contribution is -2.47. The van der Waals surface area contributed by atoms with E-state index in [-0.39, 0.29) is 19.0 Å². The molecule has 0 amide bonds. The maximum absolute atomic E-state index is 12.5. The number of nitrogens with zero attached hydrogens (tertiary/aromatic N) is 3. The summed E-state index contributed by atoms with van der Waals surface area (Å²) in [7, 11) is -1.58. The fourth-order valence-electron chi connectivity index (χ4n) is 2.62. The summed E-state index contributed by atoms with van der Waals surface area (Å²) in [6.45, 7) is 3.35. The molecule has 0 bridgehead atoms. The Morgan fingerprint density at radius 1 is 1.33 bits per heavy atom. The Labute approximate surface area is 142 Å². The highest BCUT2D eigenvalue weighted by Crippen LogP contribution is 2.30.